The fraction of sp³-hybridized carbons (Fsp3) is 0.0667. The van der Waals surface area contributed by atoms with Crippen LogP contribution in [0.3, 0.4) is 0 Å². The molecule has 0 aliphatic carbocycles. The van der Waals surface area contributed by atoms with E-state index in [1.54, 1.807) is 30.3 Å². The lowest BCUT2D eigenvalue weighted by Crippen LogP contribution is -2.16. The van der Waals surface area contributed by atoms with Crippen LogP contribution in [0, 0.1) is 0 Å². The van der Waals surface area contributed by atoms with Gasteiger partial charge in [0, 0.05) is 6.26 Å². The summed E-state index contributed by atoms with van der Waals surface area (Å²) in [5.74, 6) is -0.376. The van der Waals surface area contributed by atoms with Crippen LogP contribution in [0.15, 0.2) is 47.6 Å². The Morgan fingerprint density at radius 2 is 2.08 bits per heavy atom. The van der Waals surface area contributed by atoms with Crippen molar-refractivity contribution in [1.82, 2.24) is 19.6 Å². The number of benzene rings is 1. The molecule has 10 heteroatoms. The van der Waals surface area contributed by atoms with Crippen LogP contribution in [-0.2, 0) is 9.84 Å². The van der Waals surface area contributed by atoms with Crippen molar-refractivity contribution in [3.63, 3.8) is 0 Å². The first-order chi connectivity index (χ1) is 11.9. The van der Waals surface area contributed by atoms with Crippen molar-refractivity contribution in [2.75, 3.05) is 11.6 Å². The number of nitrogens with zero attached hydrogens (tertiary/aromatic N) is 4. The van der Waals surface area contributed by atoms with Crippen molar-refractivity contribution in [3.8, 4) is 0 Å². The third-order valence-electron chi connectivity index (χ3n) is 3.54. The van der Waals surface area contributed by atoms with E-state index in [2.05, 4.69) is 20.4 Å². The molecule has 0 aliphatic rings. The zero-order valence-electron chi connectivity index (χ0n) is 12.9. The maximum atomic E-state index is 12.5. The largest absolute Gasteiger partial charge is 0.296 e. The van der Waals surface area contributed by atoms with E-state index in [1.165, 1.54) is 28.2 Å². The topological polar surface area (TPSA) is 106 Å². The Bertz CT molecular complexity index is 1230. The van der Waals surface area contributed by atoms with Crippen LogP contribution in [0.4, 0.5) is 5.13 Å². The maximum Gasteiger partial charge on any atom is 0.276 e. The highest BCUT2D eigenvalue weighted by Gasteiger charge is 2.15. The number of amides is 1. The summed E-state index contributed by atoms with van der Waals surface area (Å²) >= 11 is 1.21. The number of pyridine rings is 1. The molecular formula is C15H11N5O3S2. The molecule has 126 valence electrons. The van der Waals surface area contributed by atoms with Crippen LogP contribution in [0.5, 0.6) is 0 Å². The van der Waals surface area contributed by atoms with Gasteiger partial charge in [0.05, 0.1) is 15.1 Å². The molecule has 25 heavy (non-hydrogen) atoms. The first-order valence-electron chi connectivity index (χ1n) is 7.12. The minimum Gasteiger partial charge on any atom is -0.296 e. The van der Waals surface area contributed by atoms with E-state index in [4.69, 9.17) is 0 Å². The molecule has 1 amide bonds. The number of sulfone groups is 1. The SMILES string of the molecule is CS(=O)(=O)c1ccc2nc(NC(=O)c3cccc4ncnn34)sc2c1. The number of carbonyl (C=O) groups excluding carboxylic acids is 1. The summed E-state index contributed by atoms with van der Waals surface area (Å²) in [4.78, 5) is 21.1. The normalized spacial score (nSPS) is 11.9. The molecule has 0 atom stereocenters. The van der Waals surface area contributed by atoms with Crippen LogP contribution in [0.1, 0.15) is 10.5 Å². The van der Waals surface area contributed by atoms with Gasteiger partial charge in [0.2, 0.25) is 0 Å². The average Bonchev–Trinajstić information content (AvgIpc) is 3.18. The fourth-order valence-corrected chi connectivity index (χ4v) is 3.99. The van der Waals surface area contributed by atoms with Gasteiger partial charge in [0.25, 0.3) is 5.91 Å². The highest BCUT2D eigenvalue weighted by Crippen LogP contribution is 2.28. The van der Waals surface area contributed by atoms with Crippen LogP contribution in [0.2, 0.25) is 0 Å². The predicted molar refractivity (Wildman–Crippen MR) is 93.7 cm³/mol. The summed E-state index contributed by atoms with van der Waals surface area (Å²) in [6.45, 7) is 0. The Kier molecular flexibility index (Phi) is 3.51. The van der Waals surface area contributed by atoms with Crippen molar-refractivity contribution in [2.24, 2.45) is 0 Å². The highest BCUT2D eigenvalue weighted by atomic mass is 32.2. The smallest absolute Gasteiger partial charge is 0.276 e. The Balaban J connectivity index is 1.68. The molecule has 8 nitrogen and oxygen atoms in total. The Hall–Kier alpha value is -2.85. The quantitative estimate of drug-likeness (QED) is 0.589. The lowest BCUT2D eigenvalue weighted by molar-refractivity contribution is 0.102. The third-order valence-corrected chi connectivity index (χ3v) is 5.59. The van der Waals surface area contributed by atoms with Gasteiger partial charge in [0.15, 0.2) is 20.6 Å². The van der Waals surface area contributed by atoms with Gasteiger partial charge in [-0.25, -0.2) is 22.9 Å². The van der Waals surface area contributed by atoms with Crippen LogP contribution in [0.25, 0.3) is 15.9 Å². The van der Waals surface area contributed by atoms with E-state index in [0.29, 0.717) is 26.7 Å². The lowest BCUT2D eigenvalue weighted by Gasteiger charge is -2.03. The number of hydrogen-bond donors (Lipinski definition) is 1. The van der Waals surface area contributed by atoms with Gasteiger partial charge in [-0.15, -0.1) is 0 Å². The van der Waals surface area contributed by atoms with Gasteiger partial charge in [-0.2, -0.15) is 5.10 Å². The fourth-order valence-electron chi connectivity index (χ4n) is 2.37. The van der Waals surface area contributed by atoms with E-state index >= 15 is 0 Å². The summed E-state index contributed by atoms with van der Waals surface area (Å²) in [5, 5.41) is 7.12. The van der Waals surface area contributed by atoms with Gasteiger partial charge in [-0.3, -0.25) is 10.1 Å². The number of carbonyl (C=O) groups is 1. The van der Waals surface area contributed by atoms with E-state index in [9.17, 15) is 13.2 Å². The number of thiazole rings is 1. The number of rotatable bonds is 3. The predicted octanol–water partition coefficient (Wildman–Crippen LogP) is 1.99. The van der Waals surface area contributed by atoms with Crippen molar-refractivity contribution < 1.29 is 13.2 Å². The van der Waals surface area contributed by atoms with Gasteiger partial charge < -0.3 is 0 Å². The number of anilines is 1. The summed E-state index contributed by atoms with van der Waals surface area (Å²) < 4.78 is 25.4. The van der Waals surface area contributed by atoms with Crippen LogP contribution in [-0.4, -0.2) is 40.2 Å². The molecule has 0 spiro atoms. The number of nitrogens with one attached hydrogen (secondary N) is 1. The molecule has 0 saturated heterocycles. The Labute approximate surface area is 146 Å². The summed E-state index contributed by atoms with van der Waals surface area (Å²) in [6.07, 6.45) is 2.52. The number of hydrogen-bond acceptors (Lipinski definition) is 7. The van der Waals surface area contributed by atoms with E-state index in [1.807, 2.05) is 0 Å². The Morgan fingerprint density at radius 1 is 1.24 bits per heavy atom. The molecule has 4 aromatic rings. The molecule has 0 fully saturated rings. The molecule has 3 heterocycles. The standard InChI is InChI=1S/C15H11N5O3S2/c1-25(22,23)9-5-6-10-12(7-9)24-15(18-10)19-14(21)11-3-2-4-13-16-8-17-20(11)13/h2-8H,1H3,(H,18,19,21). The van der Waals surface area contributed by atoms with Crippen LogP contribution >= 0.6 is 11.3 Å². The molecule has 0 unspecified atom stereocenters. The molecule has 4 rings (SSSR count). The monoisotopic (exact) mass is 373 g/mol. The first-order valence-corrected chi connectivity index (χ1v) is 9.83. The summed E-state index contributed by atoms with van der Waals surface area (Å²) in [6, 6.07) is 9.77. The van der Waals surface area contributed by atoms with Crippen molar-refractivity contribution >= 4 is 48.1 Å². The zero-order chi connectivity index (χ0) is 17.6. The Morgan fingerprint density at radius 3 is 2.88 bits per heavy atom. The molecule has 0 saturated carbocycles. The molecule has 0 aliphatic heterocycles. The van der Waals surface area contributed by atoms with Crippen LogP contribution < -0.4 is 5.32 Å². The molecule has 0 radical (unpaired) electrons. The molecule has 1 N–H and O–H groups in total. The number of fused-ring (bicyclic) bond motifs is 2. The van der Waals surface area contributed by atoms with Gasteiger partial charge >= 0.3 is 0 Å². The lowest BCUT2D eigenvalue weighted by atomic mass is 10.3. The summed E-state index contributed by atoms with van der Waals surface area (Å²) in [5.41, 5.74) is 1.51. The maximum absolute atomic E-state index is 12.5. The van der Waals surface area contributed by atoms with E-state index in [0.717, 1.165) is 6.26 Å². The highest BCUT2D eigenvalue weighted by molar-refractivity contribution is 7.90. The van der Waals surface area contributed by atoms with Crippen molar-refractivity contribution in [2.45, 2.75) is 4.90 Å². The second-order valence-corrected chi connectivity index (χ2v) is 8.36. The van der Waals surface area contributed by atoms with Gasteiger partial charge in [-0.05, 0) is 30.3 Å². The minimum atomic E-state index is -3.30. The second kappa shape index (κ2) is 5.60. The molecular weight excluding hydrogens is 362 g/mol. The molecule has 3 aromatic heterocycles. The van der Waals surface area contributed by atoms with Gasteiger partial charge in [-0.1, -0.05) is 17.4 Å². The van der Waals surface area contributed by atoms with E-state index < -0.39 is 9.84 Å². The zero-order valence-corrected chi connectivity index (χ0v) is 14.5. The first kappa shape index (κ1) is 15.7. The molecule has 1 aromatic carbocycles. The second-order valence-electron chi connectivity index (χ2n) is 5.32. The molecule has 0 bridgehead atoms. The third kappa shape index (κ3) is 2.85. The van der Waals surface area contributed by atoms with Crippen molar-refractivity contribution in [3.05, 3.63) is 48.4 Å². The van der Waals surface area contributed by atoms with Crippen molar-refractivity contribution in [1.29, 1.82) is 0 Å². The van der Waals surface area contributed by atoms with E-state index in [-0.39, 0.29) is 10.8 Å². The minimum absolute atomic E-state index is 0.217. The van der Waals surface area contributed by atoms with Gasteiger partial charge in [0.1, 0.15) is 12.0 Å². The summed E-state index contributed by atoms with van der Waals surface area (Å²) in [7, 11) is -3.30. The number of aromatic nitrogens is 4. The average molecular weight is 373 g/mol.